The third-order valence-corrected chi connectivity index (χ3v) is 4.56. The summed E-state index contributed by atoms with van der Waals surface area (Å²) in [5.74, 6) is 0.197. The summed E-state index contributed by atoms with van der Waals surface area (Å²) in [7, 11) is 0. The molecule has 0 bridgehead atoms. The number of fused-ring (bicyclic) bond motifs is 2. The Morgan fingerprint density at radius 1 is 0.950 bits per heavy atom. The normalized spacial score (nSPS) is 20.7. The maximum absolute atomic E-state index is 12.6. The van der Waals surface area contributed by atoms with Crippen molar-refractivity contribution in [2.75, 3.05) is 0 Å². The van der Waals surface area contributed by atoms with Crippen LogP contribution < -0.4 is 0 Å². The topological polar surface area (TPSA) is 20.3 Å². The first-order valence-electron chi connectivity index (χ1n) is 7.31. The Morgan fingerprint density at radius 3 is 2.55 bits per heavy atom. The highest BCUT2D eigenvalue weighted by molar-refractivity contribution is 5.98. The number of benzene rings is 2. The number of amides is 1. The molecule has 100 valence electrons. The molecule has 0 spiro atoms. The first-order valence-corrected chi connectivity index (χ1v) is 7.31. The number of carbonyl (C=O) groups is 1. The van der Waals surface area contributed by atoms with E-state index < -0.39 is 0 Å². The second-order valence-electron chi connectivity index (χ2n) is 5.70. The quantitative estimate of drug-likeness (QED) is 0.768. The minimum absolute atomic E-state index is 0.197. The van der Waals surface area contributed by atoms with Crippen LogP contribution in [0, 0.1) is 0 Å². The molecule has 1 amide bonds. The molecule has 1 aliphatic carbocycles. The van der Waals surface area contributed by atoms with E-state index in [1.54, 1.807) is 0 Å². The zero-order chi connectivity index (χ0) is 13.5. The van der Waals surface area contributed by atoms with Gasteiger partial charge in [-0.2, -0.15) is 0 Å². The summed E-state index contributed by atoms with van der Waals surface area (Å²) in [5.41, 5.74) is 4.81. The highest BCUT2D eigenvalue weighted by atomic mass is 16.2. The summed E-state index contributed by atoms with van der Waals surface area (Å²) < 4.78 is 0. The molecular formula is C18H17NO. The van der Waals surface area contributed by atoms with Crippen LogP contribution in [0.15, 0.2) is 48.5 Å². The summed E-state index contributed by atoms with van der Waals surface area (Å²) in [6, 6.07) is 16.8. The van der Waals surface area contributed by atoms with Crippen LogP contribution in [0.3, 0.4) is 0 Å². The fraction of sp³-hybridized carbons (Fsp3) is 0.278. The second-order valence-corrected chi connectivity index (χ2v) is 5.70. The molecule has 0 aromatic heterocycles. The van der Waals surface area contributed by atoms with Gasteiger partial charge in [-0.05, 0) is 42.0 Å². The van der Waals surface area contributed by atoms with Crippen molar-refractivity contribution in [2.45, 2.75) is 31.8 Å². The van der Waals surface area contributed by atoms with E-state index in [0.717, 1.165) is 24.9 Å². The van der Waals surface area contributed by atoms with Crippen molar-refractivity contribution in [2.24, 2.45) is 0 Å². The van der Waals surface area contributed by atoms with Gasteiger partial charge in [0.2, 0.25) is 0 Å². The summed E-state index contributed by atoms with van der Waals surface area (Å²) in [5, 5.41) is 0. The fourth-order valence-corrected chi connectivity index (χ4v) is 3.58. The van der Waals surface area contributed by atoms with Crippen LogP contribution >= 0.6 is 0 Å². The number of carbonyl (C=O) groups excluding carboxylic acids is 1. The number of rotatable bonds is 1. The van der Waals surface area contributed by atoms with E-state index >= 15 is 0 Å². The average Bonchev–Trinajstić information content (AvgIpc) is 2.84. The van der Waals surface area contributed by atoms with Gasteiger partial charge in [0.15, 0.2) is 0 Å². The van der Waals surface area contributed by atoms with Gasteiger partial charge in [-0.1, -0.05) is 42.5 Å². The smallest absolute Gasteiger partial charge is 0.255 e. The molecule has 2 aromatic carbocycles. The van der Waals surface area contributed by atoms with Crippen LogP contribution in [0.4, 0.5) is 0 Å². The molecule has 0 N–H and O–H groups in total. The van der Waals surface area contributed by atoms with Crippen molar-refractivity contribution in [1.82, 2.24) is 4.90 Å². The SMILES string of the molecule is O=C1c2ccccc2CN1C1CCCc2ccccc21. The van der Waals surface area contributed by atoms with Gasteiger partial charge in [0.1, 0.15) is 0 Å². The van der Waals surface area contributed by atoms with Gasteiger partial charge in [0, 0.05) is 12.1 Å². The Morgan fingerprint density at radius 2 is 1.70 bits per heavy atom. The Kier molecular flexibility index (Phi) is 2.62. The Labute approximate surface area is 119 Å². The van der Waals surface area contributed by atoms with Crippen molar-refractivity contribution < 1.29 is 4.79 Å². The summed E-state index contributed by atoms with van der Waals surface area (Å²) in [6.07, 6.45) is 3.39. The van der Waals surface area contributed by atoms with Gasteiger partial charge in [-0.3, -0.25) is 4.79 Å². The van der Waals surface area contributed by atoms with E-state index in [1.165, 1.54) is 23.1 Å². The van der Waals surface area contributed by atoms with Crippen LogP contribution in [0.2, 0.25) is 0 Å². The second kappa shape index (κ2) is 4.48. The van der Waals surface area contributed by atoms with Crippen molar-refractivity contribution in [1.29, 1.82) is 0 Å². The highest BCUT2D eigenvalue weighted by Gasteiger charge is 2.34. The van der Waals surface area contributed by atoms with E-state index in [1.807, 2.05) is 18.2 Å². The number of aryl methyl sites for hydroxylation is 1. The maximum atomic E-state index is 12.6. The summed E-state index contributed by atoms with van der Waals surface area (Å²) in [4.78, 5) is 14.7. The lowest BCUT2D eigenvalue weighted by molar-refractivity contribution is 0.0682. The van der Waals surface area contributed by atoms with E-state index in [-0.39, 0.29) is 11.9 Å². The minimum atomic E-state index is 0.197. The first kappa shape index (κ1) is 11.7. The predicted molar refractivity (Wildman–Crippen MR) is 78.4 cm³/mol. The minimum Gasteiger partial charge on any atom is -0.327 e. The average molecular weight is 263 g/mol. The van der Waals surface area contributed by atoms with Crippen LogP contribution in [0.1, 0.15) is 45.9 Å². The molecule has 2 aromatic rings. The Hall–Kier alpha value is -2.09. The number of nitrogens with zero attached hydrogens (tertiary/aromatic N) is 1. The van der Waals surface area contributed by atoms with Gasteiger partial charge in [0.25, 0.3) is 5.91 Å². The lowest BCUT2D eigenvalue weighted by Gasteiger charge is -2.33. The fourth-order valence-electron chi connectivity index (χ4n) is 3.58. The Bertz CT molecular complexity index is 677. The van der Waals surface area contributed by atoms with E-state index in [2.05, 4.69) is 35.2 Å². The molecule has 2 nitrogen and oxygen atoms in total. The summed E-state index contributed by atoms with van der Waals surface area (Å²) >= 11 is 0. The highest BCUT2D eigenvalue weighted by Crippen LogP contribution is 2.38. The molecule has 2 heteroatoms. The van der Waals surface area contributed by atoms with Gasteiger partial charge in [0.05, 0.1) is 6.04 Å². The lowest BCUT2D eigenvalue weighted by atomic mass is 9.87. The van der Waals surface area contributed by atoms with Gasteiger partial charge in [-0.15, -0.1) is 0 Å². The largest absolute Gasteiger partial charge is 0.327 e. The Balaban J connectivity index is 1.73. The molecule has 2 aliphatic rings. The standard InChI is InChI=1S/C18H17NO/c20-18-16-10-4-2-7-14(16)12-19(18)17-11-5-8-13-6-1-3-9-15(13)17/h1-4,6-7,9-10,17H,5,8,11-12H2. The van der Waals surface area contributed by atoms with E-state index in [9.17, 15) is 4.79 Å². The van der Waals surface area contributed by atoms with E-state index in [0.29, 0.717) is 0 Å². The van der Waals surface area contributed by atoms with Crippen molar-refractivity contribution in [3.63, 3.8) is 0 Å². The van der Waals surface area contributed by atoms with Crippen LogP contribution in [0.5, 0.6) is 0 Å². The predicted octanol–water partition coefficient (Wildman–Crippen LogP) is 3.72. The maximum Gasteiger partial charge on any atom is 0.255 e. The summed E-state index contributed by atoms with van der Waals surface area (Å²) in [6.45, 7) is 0.758. The van der Waals surface area contributed by atoms with Gasteiger partial charge < -0.3 is 4.90 Å². The van der Waals surface area contributed by atoms with Gasteiger partial charge >= 0.3 is 0 Å². The molecule has 1 heterocycles. The number of hydrogen-bond acceptors (Lipinski definition) is 1. The molecule has 0 fully saturated rings. The van der Waals surface area contributed by atoms with Gasteiger partial charge in [-0.25, -0.2) is 0 Å². The van der Waals surface area contributed by atoms with Crippen LogP contribution in [-0.4, -0.2) is 10.8 Å². The first-order chi connectivity index (χ1) is 9.84. The molecule has 1 unspecified atom stereocenters. The number of hydrogen-bond donors (Lipinski definition) is 0. The molecule has 1 atom stereocenters. The zero-order valence-electron chi connectivity index (χ0n) is 11.4. The lowest BCUT2D eigenvalue weighted by Crippen LogP contribution is -2.31. The third kappa shape index (κ3) is 1.68. The molecular weight excluding hydrogens is 246 g/mol. The van der Waals surface area contributed by atoms with Crippen LogP contribution in [0.25, 0.3) is 0 Å². The molecule has 4 rings (SSSR count). The molecule has 1 aliphatic heterocycles. The van der Waals surface area contributed by atoms with Crippen LogP contribution in [-0.2, 0) is 13.0 Å². The van der Waals surface area contributed by atoms with Crippen molar-refractivity contribution >= 4 is 5.91 Å². The molecule has 20 heavy (non-hydrogen) atoms. The molecule has 0 radical (unpaired) electrons. The monoisotopic (exact) mass is 263 g/mol. The van der Waals surface area contributed by atoms with Crippen molar-refractivity contribution in [3.05, 3.63) is 70.8 Å². The van der Waals surface area contributed by atoms with Crippen molar-refractivity contribution in [3.8, 4) is 0 Å². The third-order valence-electron chi connectivity index (χ3n) is 4.56. The molecule has 0 saturated carbocycles. The van der Waals surface area contributed by atoms with E-state index in [4.69, 9.17) is 0 Å². The zero-order valence-corrected chi connectivity index (χ0v) is 11.4. The molecule has 0 saturated heterocycles.